The van der Waals surface area contributed by atoms with Crippen LogP contribution >= 0.6 is 11.3 Å². The molecule has 0 amide bonds. The van der Waals surface area contributed by atoms with E-state index in [-0.39, 0.29) is 0 Å². The van der Waals surface area contributed by atoms with Crippen LogP contribution in [0.15, 0.2) is 5.38 Å². The van der Waals surface area contributed by atoms with Gasteiger partial charge in [0.15, 0.2) is 5.13 Å². The van der Waals surface area contributed by atoms with E-state index in [1.54, 1.807) is 11.3 Å². The predicted octanol–water partition coefficient (Wildman–Crippen LogP) is 4.19. The maximum atomic E-state index is 5.80. The highest BCUT2D eigenvalue weighted by atomic mass is 32.1. The van der Waals surface area contributed by atoms with Gasteiger partial charge in [-0.2, -0.15) is 0 Å². The summed E-state index contributed by atoms with van der Waals surface area (Å²) in [4.78, 5) is 7.28. The van der Waals surface area contributed by atoms with E-state index >= 15 is 0 Å². The van der Waals surface area contributed by atoms with E-state index in [1.807, 2.05) is 0 Å². The average Bonchev–Trinajstić information content (AvgIpc) is 2.92. The van der Waals surface area contributed by atoms with E-state index in [4.69, 9.17) is 5.73 Å². The molecular weight excluding hydrogens is 266 g/mol. The van der Waals surface area contributed by atoms with E-state index in [9.17, 15) is 0 Å². The van der Waals surface area contributed by atoms with Gasteiger partial charge in [-0.25, -0.2) is 4.98 Å². The van der Waals surface area contributed by atoms with E-state index in [0.717, 1.165) is 18.6 Å². The Hall–Kier alpha value is -0.610. The Balaban J connectivity index is 1.71. The molecule has 0 bridgehead atoms. The molecule has 2 saturated carbocycles. The highest BCUT2D eigenvalue weighted by Crippen LogP contribution is 2.31. The summed E-state index contributed by atoms with van der Waals surface area (Å²) in [5, 5.41) is 2.86. The molecular formula is C16H27N3S. The molecule has 2 aliphatic carbocycles. The van der Waals surface area contributed by atoms with E-state index in [2.05, 4.69) is 15.3 Å². The lowest BCUT2D eigenvalue weighted by Crippen LogP contribution is -2.44. The maximum absolute atomic E-state index is 5.80. The molecule has 3 rings (SSSR count). The topological polar surface area (TPSA) is 42.1 Å². The van der Waals surface area contributed by atoms with Crippen molar-refractivity contribution >= 4 is 16.5 Å². The van der Waals surface area contributed by atoms with E-state index in [1.165, 1.54) is 69.9 Å². The summed E-state index contributed by atoms with van der Waals surface area (Å²) in [6.07, 6.45) is 14.0. The number of nitrogen functional groups attached to an aromatic ring is 1. The monoisotopic (exact) mass is 293 g/mol. The third-order valence-electron chi connectivity index (χ3n) is 5.00. The minimum Gasteiger partial charge on any atom is -0.375 e. The lowest BCUT2D eigenvalue weighted by molar-refractivity contribution is 0.0721. The molecule has 112 valence electrons. The number of rotatable bonds is 4. The van der Waals surface area contributed by atoms with Crippen LogP contribution in [0.1, 0.15) is 69.9 Å². The molecule has 0 unspecified atom stereocenters. The lowest BCUT2D eigenvalue weighted by atomic mass is 9.88. The number of hydrogen-bond acceptors (Lipinski definition) is 4. The van der Waals surface area contributed by atoms with Crippen LogP contribution in [0.3, 0.4) is 0 Å². The molecule has 20 heavy (non-hydrogen) atoms. The summed E-state index contributed by atoms with van der Waals surface area (Å²) in [7, 11) is 0. The summed E-state index contributed by atoms with van der Waals surface area (Å²) in [6, 6.07) is 1.57. The summed E-state index contributed by atoms with van der Waals surface area (Å²) < 4.78 is 0. The van der Waals surface area contributed by atoms with Crippen molar-refractivity contribution in [1.29, 1.82) is 0 Å². The van der Waals surface area contributed by atoms with Gasteiger partial charge in [-0.05, 0) is 25.7 Å². The van der Waals surface area contributed by atoms with Gasteiger partial charge in [0.05, 0.1) is 5.69 Å². The molecule has 0 radical (unpaired) electrons. The Bertz CT molecular complexity index is 388. The Kier molecular flexibility index (Phi) is 4.94. The Morgan fingerprint density at radius 2 is 1.55 bits per heavy atom. The number of thiazole rings is 1. The summed E-state index contributed by atoms with van der Waals surface area (Å²) in [5.41, 5.74) is 6.98. The zero-order chi connectivity index (χ0) is 13.8. The van der Waals surface area contributed by atoms with Gasteiger partial charge >= 0.3 is 0 Å². The molecule has 0 atom stereocenters. The van der Waals surface area contributed by atoms with Crippen molar-refractivity contribution in [3.63, 3.8) is 0 Å². The van der Waals surface area contributed by atoms with Gasteiger partial charge in [0.2, 0.25) is 0 Å². The van der Waals surface area contributed by atoms with Crippen molar-refractivity contribution in [2.75, 3.05) is 5.73 Å². The SMILES string of the molecule is Nc1nc(CN(C2CCCCC2)C2CCCCC2)cs1. The van der Waals surface area contributed by atoms with Crippen molar-refractivity contribution in [2.45, 2.75) is 82.8 Å². The fourth-order valence-electron chi connectivity index (χ4n) is 3.96. The first-order valence-electron chi connectivity index (χ1n) is 8.28. The average molecular weight is 293 g/mol. The van der Waals surface area contributed by atoms with Gasteiger partial charge in [0.1, 0.15) is 0 Å². The largest absolute Gasteiger partial charge is 0.375 e. The molecule has 3 nitrogen and oxygen atoms in total. The first-order chi connectivity index (χ1) is 9.83. The summed E-state index contributed by atoms with van der Waals surface area (Å²) in [6.45, 7) is 1.02. The van der Waals surface area contributed by atoms with Crippen molar-refractivity contribution < 1.29 is 0 Å². The first kappa shape index (κ1) is 14.3. The number of hydrogen-bond donors (Lipinski definition) is 1. The molecule has 0 spiro atoms. The summed E-state index contributed by atoms with van der Waals surface area (Å²) >= 11 is 1.58. The van der Waals surface area contributed by atoms with E-state index in [0.29, 0.717) is 5.13 Å². The van der Waals surface area contributed by atoms with Crippen LogP contribution in [-0.2, 0) is 6.54 Å². The van der Waals surface area contributed by atoms with Crippen LogP contribution in [0.5, 0.6) is 0 Å². The van der Waals surface area contributed by atoms with Crippen LogP contribution in [-0.4, -0.2) is 22.0 Å². The maximum Gasteiger partial charge on any atom is 0.180 e. The summed E-state index contributed by atoms with van der Waals surface area (Å²) in [5.74, 6) is 0. The van der Waals surface area contributed by atoms with Gasteiger partial charge in [-0.3, -0.25) is 4.90 Å². The predicted molar refractivity (Wildman–Crippen MR) is 85.8 cm³/mol. The highest BCUT2D eigenvalue weighted by molar-refractivity contribution is 7.13. The lowest BCUT2D eigenvalue weighted by Gasteiger charge is -2.41. The van der Waals surface area contributed by atoms with Gasteiger partial charge < -0.3 is 5.73 Å². The molecule has 2 aliphatic rings. The second-order valence-corrected chi connectivity index (χ2v) is 7.32. The Morgan fingerprint density at radius 3 is 2.00 bits per heavy atom. The fraction of sp³-hybridized carbons (Fsp3) is 0.812. The van der Waals surface area contributed by atoms with Crippen molar-refractivity contribution in [1.82, 2.24) is 9.88 Å². The minimum atomic E-state index is 0.715. The third-order valence-corrected chi connectivity index (χ3v) is 5.72. The normalized spacial score (nSPS) is 22.4. The van der Waals surface area contributed by atoms with Crippen LogP contribution in [0, 0.1) is 0 Å². The van der Waals surface area contributed by atoms with Crippen LogP contribution in [0.4, 0.5) is 5.13 Å². The van der Waals surface area contributed by atoms with Crippen molar-refractivity contribution in [3.05, 3.63) is 11.1 Å². The van der Waals surface area contributed by atoms with Crippen molar-refractivity contribution in [3.8, 4) is 0 Å². The van der Waals surface area contributed by atoms with E-state index < -0.39 is 0 Å². The van der Waals surface area contributed by atoms with Gasteiger partial charge in [0.25, 0.3) is 0 Å². The molecule has 0 saturated heterocycles. The third kappa shape index (κ3) is 3.53. The molecule has 0 aromatic carbocycles. The van der Waals surface area contributed by atoms with Gasteiger partial charge in [0, 0.05) is 24.0 Å². The van der Waals surface area contributed by atoms with Crippen LogP contribution in [0.2, 0.25) is 0 Å². The number of nitrogens with zero attached hydrogens (tertiary/aromatic N) is 2. The molecule has 1 aromatic heterocycles. The molecule has 1 heterocycles. The second-order valence-electron chi connectivity index (χ2n) is 6.43. The Morgan fingerprint density at radius 1 is 1.00 bits per heavy atom. The quantitative estimate of drug-likeness (QED) is 0.905. The number of nitrogens with two attached hydrogens (primary N) is 1. The van der Waals surface area contributed by atoms with Crippen LogP contribution < -0.4 is 5.73 Å². The highest BCUT2D eigenvalue weighted by Gasteiger charge is 2.29. The standard InChI is InChI=1S/C16H27N3S/c17-16-18-13(12-20-16)11-19(14-7-3-1-4-8-14)15-9-5-2-6-10-15/h12,14-15H,1-11H2,(H2,17,18). The molecule has 1 aromatic rings. The number of aromatic nitrogens is 1. The van der Waals surface area contributed by atoms with Crippen LogP contribution in [0.25, 0.3) is 0 Å². The minimum absolute atomic E-state index is 0.715. The number of anilines is 1. The molecule has 4 heteroatoms. The van der Waals surface area contributed by atoms with Gasteiger partial charge in [-0.15, -0.1) is 11.3 Å². The zero-order valence-corrected chi connectivity index (χ0v) is 13.2. The zero-order valence-electron chi connectivity index (χ0n) is 12.4. The fourth-order valence-corrected chi connectivity index (χ4v) is 4.52. The first-order valence-corrected chi connectivity index (χ1v) is 9.16. The smallest absolute Gasteiger partial charge is 0.180 e. The van der Waals surface area contributed by atoms with Crippen molar-refractivity contribution in [2.24, 2.45) is 0 Å². The second kappa shape index (κ2) is 6.90. The van der Waals surface area contributed by atoms with Gasteiger partial charge in [-0.1, -0.05) is 38.5 Å². The molecule has 2 N–H and O–H groups in total. The molecule has 0 aliphatic heterocycles. The molecule has 2 fully saturated rings. The Labute approximate surface area is 126 Å².